The molecule has 12 heavy (non-hydrogen) atoms. The van der Waals surface area contributed by atoms with Gasteiger partial charge in [-0.25, -0.2) is 0 Å². The number of hydrogen-bond acceptors (Lipinski definition) is 1. The van der Waals surface area contributed by atoms with Crippen molar-refractivity contribution in [3.05, 3.63) is 23.9 Å². The van der Waals surface area contributed by atoms with Crippen LogP contribution in [-0.4, -0.2) is 11.9 Å². The minimum Gasteiger partial charge on any atom is -0.258 e. The van der Waals surface area contributed by atoms with Crippen molar-refractivity contribution in [2.24, 2.45) is 4.99 Å². The van der Waals surface area contributed by atoms with Gasteiger partial charge in [0.1, 0.15) is 0 Å². The summed E-state index contributed by atoms with van der Waals surface area (Å²) in [6.45, 7) is 4.92. The summed E-state index contributed by atoms with van der Waals surface area (Å²) < 4.78 is 36.4. The van der Waals surface area contributed by atoms with Gasteiger partial charge in [0.05, 0.1) is 0 Å². The molecular formula is C8H8F3N. The predicted octanol–water partition coefficient (Wildman–Crippen LogP) is 2.85. The molecule has 1 aliphatic heterocycles. The molecule has 1 nitrogen and oxygen atoms in total. The van der Waals surface area contributed by atoms with Crippen molar-refractivity contribution in [2.45, 2.75) is 19.5 Å². The molecule has 1 heterocycles. The highest BCUT2D eigenvalue weighted by Crippen LogP contribution is 2.32. The zero-order valence-corrected chi connectivity index (χ0v) is 6.57. The fraction of sp³-hybridized carbons (Fsp3) is 0.375. The van der Waals surface area contributed by atoms with E-state index in [9.17, 15) is 13.2 Å². The van der Waals surface area contributed by atoms with Gasteiger partial charge in [0.2, 0.25) is 0 Å². The Bertz CT molecular complexity index is 271. The molecule has 0 saturated heterocycles. The van der Waals surface area contributed by atoms with E-state index in [-0.39, 0.29) is 12.1 Å². The summed E-state index contributed by atoms with van der Waals surface area (Å²) >= 11 is 0. The monoisotopic (exact) mass is 175 g/mol. The number of aliphatic imine (C=N–C) groups is 1. The molecule has 0 radical (unpaired) electrons. The molecule has 0 atom stereocenters. The van der Waals surface area contributed by atoms with Gasteiger partial charge < -0.3 is 0 Å². The number of dihydropyridines is 1. The van der Waals surface area contributed by atoms with Crippen LogP contribution >= 0.6 is 0 Å². The topological polar surface area (TPSA) is 12.4 Å². The maximum Gasteiger partial charge on any atom is 0.413 e. The lowest BCUT2D eigenvalue weighted by atomic mass is 10.1. The second kappa shape index (κ2) is 2.77. The number of hydrogen-bond donors (Lipinski definition) is 0. The summed E-state index contributed by atoms with van der Waals surface area (Å²) in [6, 6.07) is 0. The summed E-state index contributed by atoms with van der Waals surface area (Å²) in [5, 5.41) is 0. The molecule has 1 aliphatic rings. The molecule has 0 bridgehead atoms. The summed E-state index contributed by atoms with van der Waals surface area (Å²) in [6.07, 6.45) is -3.39. The van der Waals surface area contributed by atoms with Crippen LogP contribution in [0.2, 0.25) is 0 Å². The highest BCUT2D eigenvalue weighted by atomic mass is 19.4. The molecule has 4 heteroatoms. The molecule has 66 valence electrons. The van der Waals surface area contributed by atoms with E-state index in [0.29, 0.717) is 5.71 Å². The first-order chi connectivity index (χ1) is 5.39. The zero-order valence-electron chi connectivity index (χ0n) is 6.57. The van der Waals surface area contributed by atoms with Crippen molar-refractivity contribution in [1.82, 2.24) is 0 Å². The maximum atomic E-state index is 12.1. The number of halogens is 3. The van der Waals surface area contributed by atoms with E-state index < -0.39 is 11.7 Å². The number of nitrogens with zero attached hydrogens (tertiary/aromatic N) is 1. The highest BCUT2D eigenvalue weighted by molar-refractivity contribution is 5.95. The highest BCUT2D eigenvalue weighted by Gasteiger charge is 2.34. The predicted molar refractivity (Wildman–Crippen MR) is 41.0 cm³/mol. The van der Waals surface area contributed by atoms with Gasteiger partial charge in [0, 0.05) is 23.4 Å². The Morgan fingerprint density at radius 2 is 2.08 bits per heavy atom. The summed E-state index contributed by atoms with van der Waals surface area (Å²) in [5.74, 6) is 0. The third-order valence-corrected chi connectivity index (χ3v) is 1.48. The van der Waals surface area contributed by atoms with E-state index in [4.69, 9.17) is 0 Å². The third kappa shape index (κ3) is 1.96. The lowest BCUT2D eigenvalue weighted by molar-refractivity contribution is -0.0931. The molecule has 1 rings (SSSR count). The maximum absolute atomic E-state index is 12.1. The number of alkyl halides is 3. The molecule has 0 aromatic heterocycles. The van der Waals surface area contributed by atoms with Gasteiger partial charge >= 0.3 is 6.18 Å². The van der Waals surface area contributed by atoms with E-state index in [0.717, 1.165) is 6.08 Å². The van der Waals surface area contributed by atoms with Crippen LogP contribution in [0.3, 0.4) is 0 Å². The Morgan fingerprint density at radius 3 is 2.50 bits per heavy atom. The number of rotatable bonds is 0. The van der Waals surface area contributed by atoms with E-state index >= 15 is 0 Å². The van der Waals surface area contributed by atoms with Crippen LogP contribution in [-0.2, 0) is 0 Å². The van der Waals surface area contributed by atoms with Gasteiger partial charge in [-0.3, -0.25) is 4.99 Å². The molecule has 0 aromatic rings. The van der Waals surface area contributed by atoms with E-state index in [1.165, 1.54) is 6.92 Å². The van der Waals surface area contributed by atoms with E-state index in [1.807, 2.05) is 0 Å². The van der Waals surface area contributed by atoms with Crippen LogP contribution in [0.4, 0.5) is 13.2 Å². The molecule has 0 fully saturated rings. The first-order valence-electron chi connectivity index (χ1n) is 3.40. The zero-order chi connectivity index (χ0) is 9.35. The van der Waals surface area contributed by atoms with Crippen LogP contribution < -0.4 is 0 Å². The molecule has 0 amide bonds. The van der Waals surface area contributed by atoms with E-state index in [2.05, 4.69) is 11.6 Å². The third-order valence-electron chi connectivity index (χ3n) is 1.48. The summed E-state index contributed by atoms with van der Waals surface area (Å²) in [5.41, 5.74) is 0.0564. The van der Waals surface area contributed by atoms with Crippen molar-refractivity contribution in [3.63, 3.8) is 0 Å². The smallest absolute Gasteiger partial charge is 0.258 e. The van der Waals surface area contributed by atoms with Crippen molar-refractivity contribution in [3.8, 4) is 0 Å². The molecule has 0 aliphatic carbocycles. The van der Waals surface area contributed by atoms with Crippen molar-refractivity contribution >= 4 is 5.71 Å². The molecule has 0 N–H and O–H groups in total. The van der Waals surface area contributed by atoms with Gasteiger partial charge in [-0.2, -0.15) is 13.2 Å². The van der Waals surface area contributed by atoms with Crippen LogP contribution in [0.25, 0.3) is 0 Å². The van der Waals surface area contributed by atoms with Crippen LogP contribution in [0.15, 0.2) is 28.9 Å². The van der Waals surface area contributed by atoms with Gasteiger partial charge in [-0.1, -0.05) is 6.58 Å². The van der Waals surface area contributed by atoms with Crippen LogP contribution in [0.1, 0.15) is 13.3 Å². The first kappa shape index (κ1) is 9.03. The van der Waals surface area contributed by atoms with Gasteiger partial charge in [-0.15, -0.1) is 0 Å². The minimum absolute atomic E-state index is 0.194. The Balaban J connectivity index is 2.95. The Kier molecular flexibility index (Phi) is 2.08. The van der Waals surface area contributed by atoms with Gasteiger partial charge in [0.15, 0.2) is 0 Å². The van der Waals surface area contributed by atoms with Crippen LogP contribution in [0, 0.1) is 0 Å². The van der Waals surface area contributed by atoms with Gasteiger partial charge in [0.25, 0.3) is 0 Å². The van der Waals surface area contributed by atoms with Crippen molar-refractivity contribution in [1.29, 1.82) is 0 Å². The fourth-order valence-electron chi connectivity index (χ4n) is 1.03. The average molecular weight is 175 g/mol. The molecule has 0 spiro atoms. The molecular weight excluding hydrogens is 167 g/mol. The molecule has 0 saturated carbocycles. The Morgan fingerprint density at radius 1 is 1.50 bits per heavy atom. The average Bonchev–Trinajstić information content (AvgIpc) is 1.82. The van der Waals surface area contributed by atoms with E-state index in [1.54, 1.807) is 0 Å². The molecule has 0 aromatic carbocycles. The summed E-state index contributed by atoms with van der Waals surface area (Å²) in [4.78, 5) is 3.79. The second-order valence-corrected chi connectivity index (χ2v) is 2.66. The van der Waals surface area contributed by atoms with Crippen molar-refractivity contribution in [2.75, 3.05) is 0 Å². The quantitative estimate of drug-likeness (QED) is 0.536. The summed E-state index contributed by atoms with van der Waals surface area (Å²) in [7, 11) is 0. The first-order valence-corrected chi connectivity index (χ1v) is 3.40. The lowest BCUT2D eigenvalue weighted by Crippen LogP contribution is -2.15. The molecule has 0 unspecified atom stereocenters. The lowest BCUT2D eigenvalue weighted by Gasteiger charge is -2.15. The van der Waals surface area contributed by atoms with Crippen LogP contribution in [0.5, 0.6) is 0 Å². The standard InChI is InChI=1S/C8H8F3N/c1-5-3-7(8(9,10)11)4-6(2)12-5/h4H,1,3H2,2H3. The van der Waals surface area contributed by atoms with Crippen molar-refractivity contribution < 1.29 is 13.2 Å². The largest absolute Gasteiger partial charge is 0.413 e. The SMILES string of the molecule is C=C1CC(C(F)(F)F)=CC(C)=N1. The Labute approximate surface area is 68.3 Å². The second-order valence-electron chi connectivity index (χ2n) is 2.66. The minimum atomic E-state index is -4.25. The fourth-order valence-corrected chi connectivity index (χ4v) is 1.03. The normalized spacial score (nSPS) is 18.8. The Hall–Kier alpha value is -1.06. The number of allylic oxidation sites excluding steroid dienone is 2. The van der Waals surface area contributed by atoms with Gasteiger partial charge in [-0.05, 0) is 13.0 Å².